The van der Waals surface area contributed by atoms with Crippen LogP contribution in [0.4, 0.5) is 5.82 Å². The molecule has 0 saturated heterocycles. The number of carboxylic acid groups (broad SMARTS) is 1. The molecule has 9 heteroatoms. The van der Waals surface area contributed by atoms with Gasteiger partial charge in [-0.05, 0) is 35.9 Å². The first-order valence-corrected chi connectivity index (χ1v) is 12.0. The van der Waals surface area contributed by atoms with Crippen molar-refractivity contribution >= 4 is 44.4 Å². The largest absolute Gasteiger partial charge is 0.480 e. The summed E-state index contributed by atoms with van der Waals surface area (Å²) in [6.45, 7) is 4.65. The zero-order chi connectivity index (χ0) is 23.5. The molecule has 174 valence electrons. The number of aliphatic hydroxyl groups excluding tert-OH is 1. The maximum Gasteiger partial charge on any atom is 0.323 e. The molecule has 1 aromatic carbocycles. The number of aromatic nitrogens is 3. The summed E-state index contributed by atoms with van der Waals surface area (Å²) in [6.07, 6.45) is 2.02. The second-order valence-electron chi connectivity index (χ2n) is 8.30. The zero-order valence-electron chi connectivity index (χ0n) is 18.8. The molecule has 4 aromatic rings. The first kappa shape index (κ1) is 23.2. The van der Waals surface area contributed by atoms with E-state index >= 15 is 0 Å². The molecule has 0 bridgehead atoms. The SMILES string of the molecule is CCCCc1nc2c(N)nc3ccsc3c2n1Cc1ccc(CN[C@H](C(=O)O)[C@@H](C)O)cc1. The van der Waals surface area contributed by atoms with Gasteiger partial charge >= 0.3 is 5.97 Å². The molecule has 0 aliphatic rings. The highest BCUT2D eigenvalue weighted by atomic mass is 32.1. The zero-order valence-corrected chi connectivity index (χ0v) is 19.6. The molecular weight excluding hydrogens is 438 g/mol. The number of aliphatic carboxylic acids is 1. The molecule has 8 nitrogen and oxygen atoms in total. The van der Waals surface area contributed by atoms with Crippen LogP contribution in [0.1, 0.15) is 43.6 Å². The summed E-state index contributed by atoms with van der Waals surface area (Å²) in [6, 6.07) is 9.02. The second kappa shape index (κ2) is 9.86. The Labute approximate surface area is 196 Å². The standard InChI is InChI=1S/C24H29N5O3S/c1-3-4-5-18-28-20-21(22-17(10-11-33-22)27-23(20)25)29(18)13-16-8-6-15(7-9-16)12-26-19(14(2)30)24(31)32/h6-11,14,19,26,30H,3-5,12-13H2,1-2H3,(H2,25,27)(H,31,32)/t14-,19+/m1/s1. The van der Waals surface area contributed by atoms with Crippen molar-refractivity contribution in [3.63, 3.8) is 0 Å². The number of aliphatic hydroxyl groups is 1. The van der Waals surface area contributed by atoms with Crippen LogP contribution in [-0.4, -0.2) is 42.9 Å². The highest BCUT2D eigenvalue weighted by Gasteiger charge is 2.22. The number of nitrogens with two attached hydrogens (primary N) is 1. The summed E-state index contributed by atoms with van der Waals surface area (Å²) in [4.78, 5) is 20.7. The number of benzene rings is 1. The maximum absolute atomic E-state index is 11.3. The number of fused-ring (bicyclic) bond motifs is 3. The van der Waals surface area contributed by atoms with E-state index < -0.39 is 18.1 Å². The number of nitrogens with one attached hydrogen (secondary N) is 1. The number of carboxylic acids is 1. The Morgan fingerprint density at radius 1 is 1.21 bits per heavy atom. The van der Waals surface area contributed by atoms with Gasteiger partial charge in [-0.15, -0.1) is 11.3 Å². The maximum atomic E-state index is 11.3. The summed E-state index contributed by atoms with van der Waals surface area (Å²) >= 11 is 1.65. The van der Waals surface area contributed by atoms with Gasteiger partial charge in [0.05, 0.1) is 21.8 Å². The molecule has 2 atom stereocenters. The molecule has 0 aliphatic carbocycles. The molecule has 0 amide bonds. The Bertz CT molecular complexity index is 1260. The minimum absolute atomic E-state index is 0.357. The van der Waals surface area contributed by atoms with Crippen molar-refractivity contribution in [3.05, 3.63) is 52.7 Å². The van der Waals surface area contributed by atoms with Crippen LogP contribution in [0.2, 0.25) is 0 Å². The number of thiophene rings is 1. The van der Waals surface area contributed by atoms with Gasteiger partial charge in [-0.25, -0.2) is 9.97 Å². The summed E-state index contributed by atoms with van der Waals surface area (Å²) < 4.78 is 3.34. The normalized spacial score (nSPS) is 13.5. The van der Waals surface area contributed by atoms with E-state index in [0.717, 1.165) is 57.5 Å². The van der Waals surface area contributed by atoms with Crippen molar-refractivity contribution < 1.29 is 15.0 Å². The number of carbonyl (C=O) groups is 1. The number of nitrogen functional groups attached to an aromatic ring is 1. The highest BCUT2D eigenvalue weighted by molar-refractivity contribution is 7.18. The fourth-order valence-corrected chi connectivity index (χ4v) is 4.88. The lowest BCUT2D eigenvalue weighted by atomic mass is 10.1. The molecule has 33 heavy (non-hydrogen) atoms. The number of imidazole rings is 1. The third-order valence-electron chi connectivity index (χ3n) is 5.78. The average Bonchev–Trinajstić information content (AvgIpc) is 3.38. The highest BCUT2D eigenvalue weighted by Crippen LogP contribution is 2.33. The molecule has 0 unspecified atom stereocenters. The van der Waals surface area contributed by atoms with Crippen molar-refractivity contribution in [2.45, 2.75) is 58.3 Å². The van der Waals surface area contributed by atoms with Crippen LogP contribution < -0.4 is 11.1 Å². The first-order chi connectivity index (χ1) is 15.9. The van der Waals surface area contributed by atoms with E-state index in [2.05, 4.69) is 21.8 Å². The number of hydrogen-bond acceptors (Lipinski definition) is 7. The van der Waals surface area contributed by atoms with E-state index in [9.17, 15) is 15.0 Å². The van der Waals surface area contributed by atoms with Crippen LogP contribution >= 0.6 is 11.3 Å². The third-order valence-corrected chi connectivity index (χ3v) is 6.69. The van der Waals surface area contributed by atoms with Crippen LogP contribution in [0.25, 0.3) is 21.3 Å². The number of rotatable bonds is 10. The molecule has 0 spiro atoms. The Morgan fingerprint density at radius 3 is 2.61 bits per heavy atom. The van der Waals surface area contributed by atoms with Gasteiger partial charge in [-0.3, -0.25) is 10.1 Å². The van der Waals surface area contributed by atoms with E-state index in [0.29, 0.717) is 18.9 Å². The summed E-state index contributed by atoms with van der Waals surface area (Å²) in [5.74, 6) is 0.398. The van der Waals surface area contributed by atoms with Crippen molar-refractivity contribution in [1.82, 2.24) is 19.9 Å². The van der Waals surface area contributed by atoms with Crippen LogP contribution in [-0.2, 0) is 24.3 Å². The minimum atomic E-state index is -1.07. The molecule has 0 saturated carbocycles. The predicted molar refractivity (Wildman–Crippen MR) is 131 cm³/mol. The van der Waals surface area contributed by atoms with Crippen molar-refractivity contribution in [2.24, 2.45) is 0 Å². The molecule has 0 fully saturated rings. The van der Waals surface area contributed by atoms with E-state index in [1.54, 1.807) is 11.3 Å². The number of nitrogens with zero attached hydrogens (tertiary/aromatic N) is 3. The Kier molecular flexibility index (Phi) is 6.92. The number of unbranched alkanes of at least 4 members (excludes halogenated alkanes) is 1. The molecule has 5 N–H and O–H groups in total. The number of pyridine rings is 1. The van der Waals surface area contributed by atoms with Crippen LogP contribution in [0.3, 0.4) is 0 Å². The lowest BCUT2D eigenvalue weighted by Gasteiger charge is -2.17. The third kappa shape index (κ3) is 4.85. The summed E-state index contributed by atoms with van der Waals surface area (Å²) in [7, 11) is 0. The summed E-state index contributed by atoms with van der Waals surface area (Å²) in [5, 5.41) is 23.8. The van der Waals surface area contributed by atoms with E-state index in [-0.39, 0.29) is 0 Å². The van der Waals surface area contributed by atoms with Gasteiger partial charge in [0.25, 0.3) is 0 Å². The van der Waals surface area contributed by atoms with Gasteiger partial charge in [-0.2, -0.15) is 0 Å². The smallest absolute Gasteiger partial charge is 0.323 e. The molecular formula is C24H29N5O3S. The second-order valence-corrected chi connectivity index (χ2v) is 9.22. The number of hydrogen-bond donors (Lipinski definition) is 4. The topological polar surface area (TPSA) is 126 Å². The predicted octanol–water partition coefficient (Wildman–Crippen LogP) is 3.54. The van der Waals surface area contributed by atoms with Gasteiger partial charge in [0.1, 0.15) is 17.4 Å². The van der Waals surface area contributed by atoms with Crippen LogP contribution in [0, 0.1) is 0 Å². The Morgan fingerprint density at radius 2 is 1.94 bits per heavy atom. The van der Waals surface area contributed by atoms with Gasteiger partial charge < -0.3 is 20.5 Å². The molecule has 3 heterocycles. The number of aryl methyl sites for hydroxylation is 1. The quantitative estimate of drug-likeness (QED) is 0.281. The monoisotopic (exact) mass is 467 g/mol. The first-order valence-electron chi connectivity index (χ1n) is 11.1. The van der Waals surface area contributed by atoms with Crippen LogP contribution in [0.5, 0.6) is 0 Å². The fourth-order valence-electron chi connectivity index (χ4n) is 3.99. The molecule has 4 rings (SSSR count). The average molecular weight is 468 g/mol. The number of anilines is 1. The van der Waals surface area contributed by atoms with Crippen molar-refractivity contribution in [2.75, 3.05) is 5.73 Å². The van der Waals surface area contributed by atoms with Gasteiger partial charge in [0.2, 0.25) is 0 Å². The molecule has 3 aromatic heterocycles. The van der Waals surface area contributed by atoms with Gasteiger partial charge in [0.15, 0.2) is 5.82 Å². The lowest BCUT2D eigenvalue weighted by Crippen LogP contribution is -2.44. The summed E-state index contributed by atoms with van der Waals surface area (Å²) in [5.41, 5.74) is 11.0. The fraction of sp³-hybridized carbons (Fsp3) is 0.375. The minimum Gasteiger partial charge on any atom is -0.480 e. The molecule has 0 aliphatic heterocycles. The Balaban J connectivity index is 1.62. The Hall–Kier alpha value is -3.01. The van der Waals surface area contributed by atoms with Crippen LogP contribution in [0.15, 0.2) is 35.7 Å². The molecule has 0 radical (unpaired) electrons. The van der Waals surface area contributed by atoms with Gasteiger partial charge in [-0.1, -0.05) is 37.6 Å². The van der Waals surface area contributed by atoms with Crippen molar-refractivity contribution in [3.8, 4) is 0 Å². The van der Waals surface area contributed by atoms with E-state index in [4.69, 9.17) is 10.7 Å². The van der Waals surface area contributed by atoms with Crippen molar-refractivity contribution in [1.29, 1.82) is 0 Å². The van der Waals surface area contributed by atoms with E-state index in [1.807, 2.05) is 35.7 Å². The lowest BCUT2D eigenvalue weighted by molar-refractivity contribution is -0.142. The van der Waals surface area contributed by atoms with E-state index in [1.165, 1.54) is 6.92 Å². The van der Waals surface area contributed by atoms with Gasteiger partial charge in [0, 0.05) is 19.5 Å².